The molecule has 0 bridgehead atoms. The maximum absolute atomic E-state index is 12.1. The second-order valence-electron chi connectivity index (χ2n) is 8.56. The van der Waals surface area contributed by atoms with E-state index in [1.807, 2.05) is 0 Å². The van der Waals surface area contributed by atoms with Gasteiger partial charge in [-0.1, -0.05) is 58.3 Å². The van der Waals surface area contributed by atoms with E-state index in [1.54, 1.807) is 23.2 Å². The third-order valence-corrected chi connectivity index (χ3v) is 5.88. The highest BCUT2D eigenvalue weighted by molar-refractivity contribution is 6.62. The van der Waals surface area contributed by atoms with Crippen LogP contribution in [0.15, 0.2) is 30.5 Å². The molecule has 10 nitrogen and oxygen atoms in total. The normalized spacial score (nSPS) is 12.9. The van der Waals surface area contributed by atoms with Gasteiger partial charge in [-0.25, -0.2) is 9.78 Å². The van der Waals surface area contributed by atoms with E-state index in [2.05, 4.69) is 41.1 Å². The summed E-state index contributed by atoms with van der Waals surface area (Å²) in [6, 6.07) is 5.87. The quantitative estimate of drug-likeness (QED) is 0.192. The van der Waals surface area contributed by atoms with Crippen LogP contribution >= 0.6 is 34.8 Å². The molecule has 0 aliphatic carbocycles. The Hall–Kier alpha value is -2.66. The number of anilines is 1. The lowest BCUT2D eigenvalue weighted by atomic mass is 10.2. The van der Waals surface area contributed by atoms with Gasteiger partial charge in [0, 0.05) is 32.3 Å². The second-order valence-corrected chi connectivity index (χ2v) is 9.85. The summed E-state index contributed by atoms with van der Waals surface area (Å²) in [6.45, 7) is 9.66. The van der Waals surface area contributed by atoms with Crippen molar-refractivity contribution < 1.29 is 19.2 Å². The molecule has 3 heterocycles. The molecule has 2 aliphatic rings. The van der Waals surface area contributed by atoms with Gasteiger partial charge in [0.2, 0.25) is 5.24 Å². The molecule has 0 atom stereocenters. The van der Waals surface area contributed by atoms with Crippen molar-refractivity contribution in [2.24, 2.45) is 0 Å². The third kappa shape index (κ3) is 16.4. The van der Waals surface area contributed by atoms with Gasteiger partial charge in [0.05, 0.1) is 4.92 Å². The summed E-state index contributed by atoms with van der Waals surface area (Å²) in [4.78, 5) is 37.5. The summed E-state index contributed by atoms with van der Waals surface area (Å²) in [5.41, 5.74) is 0.456. The smallest absolute Gasteiger partial charge is 0.323 e. The van der Waals surface area contributed by atoms with Crippen LogP contribution in [0.1, 0.15) is 73.3 Å². The fourth-order valence-corrected chi connectivity index (χ4v) is 3.74. The third-order valence-electron chi connectivity index (χ3n) is 5.03. The van der Waals surface area contributed by atoms with Crippen LogP contribution in [0.3, 0.4) is 0 Å². The Morgan fingerprint density at radius 2 is 1.63 bits per heavy atom. The minimum Gasteiger partial charge on any atom is -0.487 e. The summed E-state index contributed by atoms with van der Waals surface area (Å²) >= 11 is 16.6. The average molecular weight is 637 g/mol. The number of likely N-dealkylation sites (tertiary alicyclic amines) is 1. The van der Waals surface area contributed by atoms with E-state index in [0.717, 1.165) is 31.5 Å². The molecule has 13 heteroatoms. The maximum atomic E-state index is 12.1. The first-order valence-electron chi connectivity index (χ1n) is 12.7. The first-order valence-corrected chi connectivity index (χ1v) is 13.9. The Bertz CT molecular complexity index is 1050. The van der Waals surface area contributed by atoms with Crippen molar-refractivity contribution in [3.05, 3.63) is 56.2 Å². The van der Waals surface area contributed by atoms with Gasteiger partial charge in [-0.15, -0.1) is 0 Å². The number of urea groups is 1. The van der Waals surface area contributed by atoms with E-state index < -0.39 is 4.92 Å². The molecule has 0 unspecified atom stereocenters. The standard InChI is InChI=1S/C17H16Cl2N4O4.C4H9N.C3H8.C2H3ClO.2CH4/c18-15-12(23(25)26)3-4-13(16(15)19)27-10-11-5-6-20-14(9-11)21-17(24)22-7-1-2-8-22;1-2-4-5-3-1;1-3-2;1-2(3)4;;/h3-6,9H,1-2,7-8,10H2,(H,20,21,24);5H,1-4H2;3H2,1-2H3;1H3;2*1H4. The van der Waals surface area contributed by atoms with E-state index in [4.69, 9.17) is 27.9 Å². The zero-order chi connectivity index (χ0) is 29.2. The highest BCUT2D eigenvalue weighted by Crippen LogP contribution is 2.38. The maximum Gasteiger partial charge on any atom is 0.323 e. The van der Waals surface area contributed by atoms with Crippen molar-refractivity contribution in [1.82, 2.24) is 15.2 Å². The first-order chi connectivity index (χ1) is 18.6. The zero-order valence-electron chi connectivity index (χ0n) is 22.5. The number of rotatable bonds is 5. The van der Waals surface area contributed by atoms with Crippen molar-refractivity contribution in [3.63, 3.8) is 0 Å². The molecule has 2 N–H and O–H groups in total. The fraction of sp³-hybridized carbons (Fsp3) is 0.536. The topological polar surface area (TPSA) is 127 Å². The number of nitro groups is 1. The lowest BCUT2D eigenvalue weighted by molar-refractivity contribution is -0.384. The largest absolute Gasteiger partial charge is 0.487 e. The molecule has 4 rings (SSSR count). The van der Waals surface area contributed by atoms with Gasteiger partial charge >= 0.3 is 6.03 Å². The Balaban J connectivity index is 0. The molecule has 2 aromatic rings. The van der Waals surface area contributed by atoms with Crippen molar-refractivity contribution in [3.8, 4) is 5.75 Å². The number of amides is 2. The highest BCUT2D eigenvalue weighted by Gasteiger charge is 2.20. The first kappa shape index (κ1) is 40.5. The number of ether oxygens (including phenoxy) is 1. The number of aromatic nitrogens is 1. The van der Waals surface area contributed by atoms with Crippen LogP contribution in [0.4, 0.5) is 16.3 Å². The second kappa shape index (κ2) is 23.0. The molecule has 0 spiro atoms. The summed E-state index contributed by atoms with van der Waals surface area (Å²) in [5.74, 6) is 0.646. The number of nitro benzene ring substituents is 1. The molecule has 2 aliphatic heterocycles. The Kier molecular flexibility index (Phi) is 22.7. The molecular formula is C28H44Cl3N5O5. The predicted molar refractivity (Wildman–Crippen MR) is 170 cm³/mol. The van der Waals surface area contributed by atoms with E-state index in [-0.39, 0.29) is 54.2 Å². The molecule has 232 valence electrons. The van der Waals surface area contributed by atoms with Crippen LogP contribution in [-0.4, -0.2) is 52.3 Å². The van der Waals surface area contributed by atoms with E-state index in [1.165, 1.54) is 51.4 Å². The molecule has 0 radical (unpaired) electrons. The number of halogens is 3. The van der Waals surface area contributed by atoms with Gasteiger partial charge in [0.1, 0.15) is 28.2 Å². The van der Waals surface area contributed by atoms with Crippen molar-refractivity contribution >= 4 is 57.6 Å². The summed E-state index contributed by atoms with van der Waals surface area (Å²) in [6.07, 6.45) is 7.60. The van der Waals surface area contributed by atoms with Gasteiger partial charge in [-0.05, 0) is 74.1 Å². The Morgan fingerprint density at radius 3 is 2.12 bits per heavy atom. The van der Waals surface area contributed by atoms with E-state index >= 15 is 0 Å². The minimum absolute atomic E-state index is 0. The zero-order valence-corrected chi connectivity index (χ0v) is 24.7. The van der Waals surface area contributed by atoms with Crippen LogP contribution in [-0.2, 0) is 11.4 Å². The highest BCUT2D eigenvalue weighted by atomic mass is 35.5. The summed E-state index contributed by atoms with van der Waals surface area (Å²) in [5, 5.41) is 16.3. The Morgan fingerprint density at radius 1 is 1.07 bits per heavy atom. The Labute approximate surface area is 259 Å². The number of nitrogens with one attached hydrogen (secondary N) is 2. The lowest BCUT2D eigenvalue weighted by Gasteiger charge is -2.16. The van der Waals surface area contributed by atoms with Gasteiger partial charge in [0.25, 0.3) is 5.69 Å². The van der Waals surface area contributed by atoms with Gasteiger partial charge in [0.15, 0.2) is 0 Å². The van der Waals surface area contributed by atoms with Gasteiger partial charge in [-0.2, -0.15) is 0 Å². The average Bonchev–Trinajstić information content (AvgIpc) is 3.63. The van der Waals surface area contributed by atoms with Crippen LogP contribution in [0.5, 0.6) is 5.75 Å². The molecular weight excluding hydrogens is 593 g/mol. The number of hydrogen-bond acceptors (Lipinski definition) is 7. The number of hydrogen-bond donors (Lipinski definition) is 2. The lowest BCUT2D eigenvalue weighted by Crippen LogP contribution is -2.32. The van der Waals surface area contributed by atoms with E-state index in [0.29, 0.717) is 5.82 Å². The molecule has 1 aromatic heterocycles. The minimum atomic E-state index is -0.615. The number of nitrogens with zero attached hydrogens (tertiary/aromatic N) is 3. The molecule has 2 saturated heterocycles. The van der Waals surface area contributed by atoms with Crippen LogP contribution < -0.4 is 15.4 Å². The molecule has 41 heavy (non-hydrogen) atoms. The van der Waals surface area contributed by atoms with Crippen LogP contribution in [0.25, 0.3) is 0 Å². The van der Waals surface area contributed by atoms with Crippen molar-refractivity contribution in [1.29, 1.82) is 0 Å². The van der Waals surface area contributed by atoms with Gasteiger partial charge < -0.3 is 15.0 Å². The predicted octanol–water partition coefficient (Wildman–Crippen LogP) is 8.33. The molecule has 1 aromatic carbocycles. The molecule has 0 saturated carbocycles. The molecule has 2 fully saturated rings. The van der Waals surface area contributed by atoms with Crippen molar-refractivity contribution in [2.75, 3.05) is 31.5 Å². The number of carbonyl (C=O) groups excluding carboxylic acids is 2. The molecule has 2 amide bonds. The van der Waals surface area contributed by atoms with Gasteiger partial charge in [-0.3, -0.25) is 20.2 Å². The summed E-state index contributed by atoms with van der Waals surface area (Å²) < 4.78 is 5.61. The SMILES string of the molecule is C.C.C1CCNC1.CC(=O)Cl.CCC.O=C(Nc1cc(COc2ccc([N+](=O)[O-])c(Cl)c2Cl)ccn1)N1CCCC1. The summed E-state index contributed by atoms with van der Waals surface area (Å²) in [7, 11) is 0. The van der Waals surface area contributed by atoms with Crippen LogP contribution in [0, 0.1) is 10.1 Å². The monoisotopic (exact) mass is 635 g/mol. The number of benzene rings is 1. The van der Waals surface area contributed by atoms with E-state index in [9.17, 15) is 19.7 Å². The number of carbonyl (C=O) groups is 2. The number of pyridine rings is 1. The fourth-order valence-electron chi connectivity index (χ4n) is 3.30. The van der Waals surface area contributed by atoms with Crippen LogP contribution in [0.2, 0.25) is 10.0 Å². The van der Waals surface area contributed by atoms with Crippen molar-refractivity contribution in [2.45, 2.75) is 74.3 Å².